The SMILES string of the molecule is NC(=O)C(Nc1ccccc1Cl)c1cc(Br)cs1. The van der Waals surface area contributed by atoms with Gasteiger partial charge in [-0.05, 0) is 34.1 Å². The highest BCUT2D eigenvalue weighted by molar-refractivity contribution is 9.10. The molecule has 0 saturated heterocycles. The molecule has 1 amide bonds. The summed E-state index contributed by atoms with van der Waals surface area (Å²) in [4.78, 5) is 12.4. The van der Waals surface area contributed by atoms with E-state index in [4.69, 9.17) is 17.3 Å². The summed E-state index contributed by atoms with van der Waals surface area (Å²) in [6, 6.07) is 8.52. The van der Waals surface area contributed by atoms with Crippen LogP contribution < -0.4 is 11.1 Å². The van der Waals surface area contributed by atoms with E-state index in [0.717, 1.165) is 9.35 Å². The molecule has 0 spiro atoms. The van der Waals surface area contributed by atoms with Crippen molar-refractivity contribution >= 4 is 50.5 Å². The molecule has 0 saturated carbocycles. The number of nitrogens with two attached hydrogens (primary N) is 1. The topological polar surface area (TPSA) is 55.1 Å². The van der Waals surface area contributed by atoms with Crippen molar-refractivity contribution < 1.29 is 4.79 Å². The van der Waals surface area contributed by atoms with E-state index in [2.05, 4.69) is 21.2 Å². The molecule has 6 heteroatoms. The Kier molecular flexibility index (Phi) is 4.27. The fourth-order valence-corrected chi connectivity index (χ4v) is 3.19. The number of halogens is 2. The number of benzene rings is 1. The monoisotopic (exact) mass is 344 g/mol. The van der Waals surface area contributed by atoms with Gasteiger partial charge in [0.25, 0.3) is 0 Å². The lowest BCUT2D eigenvalue weighted by Gasteiger charge is -2.16. The van der Waals surface area contributed by atoms with Gasteiger partial charge in [0.15, 0.2) is 0 Å². The summed E-state index contributed by atoms with van der Waals surface area (Å²) >= 11 is 10.9. The first-order valence-corrected chi connectivity index (χ1v) is 7.17. The lowest BCUT2D eigenvalue weighted by Crippen LogP contribution is -2.27. The lowest BCUT2D eigenvalue weighted by molar-refractivity contribution is -0.118. The molecule has 1 aromatic carbocycles. The van der Waals surface area contributed by atoms with Crippen LogP contribution in [-0.2, 0) is 4.79 Å². The predicted octanol–water partition coefficient (Wildman–Crippen LogP) is 3.80. The van der Waals surface area contributed by atoms with E-state index >= 15 is 0 Å². The van der Waals surface area contributed by atoms with Gasteiger partial charge in [0.2, 0.25) is 5.91 Å². The number of nitrogens with one attached hydrogen (secondary N) is 1. The van der Waals surface area contributed by atoms with Gasteiger partial charge >= 0.3 is 0 Å². The van der Waals surface area contributed by atoms with Crippen LogP contribution in [0.4, 0.5) is 5.69 Å². The maximum Gasteiger partial charge on any atom is 0.245 e. The van der Waals surface area contributed by atoms with Crippen LogP contribution in [0, 0.1) is 0 Å². The number of hydrogen-bond acceptors (Lipinski definition) is 3. The molecule has 1 atom stereocenters. The summed E-state index contributed by atoms with van der Waals surface area (Å²) in [5.74, 6) is -0.440. The Labute approximate surface area is 122 Å². The van der Waals surface area contributed by atoms with Crippen LogP contribution in [-0.4, -0.2) is 5.91 Å². The molecule has 0 aliphatic heterocycles. The molecular formula is C12H10BrClN2OS. The number of anilines is 1. The first-order valence-electron chi connectivity index (χ1n) is 5.12. The minimum atomic E-state index is -0.582. The number of carbonyl (C=O) groups excluding carboxylic acids is 1. The highest BCUT2D eigenvalue weighted by Crippen LogP contribution is 2.30. The molecule has 0 radical (unpaired) electrons. The molecule has 2 rings (SSSR count). The van der Waals surface area contributed by atoms with Gasteiger partial charge in [-0.3, -0.25) is 4.79 Å². The van der Waals surface area contributed by atoms with Gasteiger partial charge < -0.3 is 11.1 Å². The molecule has 0 fully saturated rings. The van der Waals surface area contributed by atoms with Crippen molar-refractivity contribution in [2.45, 2.75) is 6.04 Å². The minimum absolute atomic E-state index is 0.440. The third-order valence-electron chi connectivity index (χ3n) is 2.33. The van der Waals surface area contributed by atoms with Crippen LogP contribution in [0.3, 0.4) is 0 Å². The number of rotatable bonds is 4. The van der Waals surface area contributed by atoms with Crippen molar-refractivity contribution in [1.82, 2.24) is 0 Å². The van der Waals surface area contributed by atoms with E-state index in [1.165, 1.54) is 11.3 Å². The average Bonchev–Trinajstić information content (AvgIpc) is 2.74. The maximum absolute atomic E-state index is 11.5. The lowest BCUT2D eigenvalue weighted by atomic mass is 10.2. The predicted molar refractivity (Wildman–Crippen MR) is 79.0 cm³/mol. The summed E-state index contributed by atoms with van der Waals surface area (Å²) in [5, 5.41) is 5.52. The second-order valence-electron chi connectivity index (χ2n) is 3.63. The van der Waals surface area contributed by atoms with E-state index in [0.29, 0.717) is 10.7 Å². The van der Waals surface area contributed by atoms with Gasteiger partial charge in [-0.2, -0.15) is 0 Å². The molecule has 2 aromatic rings. The molecule has 1 aromatic heterocycles. The fourth-order valence-electron chi connectivity index (χ4n) is 1.50. The second kappa shape index (κ2) is 5.73. The Morgan fingerprint density at radius 3 is 2.72 bits per heavy atom. The molecule has 0 aliphatic carbocycles. The van der Waals surface area contributed by atoms with Crippen LogP contribution >= 0.6 is 38.9 Å². The standard InChI is InChI=1S/C12H10BrClN2OS/c13-7-5-10(18-6-7)11(12(15)17)16-9-4-2-1-3-8(9)14/h1-6,11,16H,(H2,15,17). The Bertz CT molecular complexity index is 573. The normalized spacial score (nSPS) is 12.1. The van der Waals surface area contributed by atoms with Crippen molar-refractivity contribution in [2.24, 2.45) is 5.73 Å². The van der Waals surface area contributed by atoms with Gasteiger partial charge in [0, 0.05) is 14.7 Å². The molecule has 3 nitrogen and oxygen atoms in total. The van der Waals surface area contributed by atoms with Crippen molar-refractivity contribution in [3.8, 4) is 0 Å². The van der Waals surface area contributed by atoms with E-state index in [9.17, 15) is 4.79 Å². The Morgan fingerprint density at radius 1 is 1.44 bits per heavy atom. The average molecular weight is 346 g/mol. The van der Waals surface area contributed by atoms with Gasteiger partial charge in [0.1, 0.15) is 6.04 Å². The molecule has 18 heavy (non-hydrogen) atoms. The smallest absolute Gasteiger partial charge is 0.245 e. The number of hydrogen-bond donors (Lipinski definition) is 2. The van der Waals surface area contributed by atoms with Crippen LogP contribution in [0.5, 0.6) is 0 Å². The number of para-hydroxylation sites is 1. The molecule has 0 bridgehead atoms. The third-order valence-corrected chi connectivity index (χ3v) is 4.42. The first kappa shape index (κ1) is 13.4. The van der Waals surface area contributed by atoms with Gasteiger partial charge in [0.05, 0.1) is 10.7 Å². The summed E-state index contributed by atoms with van der Waals surface area (Å²) in [6.45, 7) is 0. The number of carbonyl (C=O) groups is 1. The summed E-state index contributed by atoms with van der Waals surface area (Å²) in [6.07, 6.45) is 0. The Morgan fingerprint density at radius 2 is 2.17 bits per heavy atom. The third kappa shape index (κ3) is 3.04. The van der Waals surface area contributed by atoms with Crippen LogP contribution in [0.15, 0.2) is 40.2 Å². The highest BCUT2D eigenvalue weighted by Gasteiger charge is 2.20. The Balaban J connectivity index is 2.28. The maximum atomic E-state index is 11.5. The van der Waals surface area contributed by atoms with Crippen LogP contribution in [0.25, 0.3) is 0 Å². The van der Waals surface area contributed by atoms with Crippen molar-refractivity contribution in [1.29, 1.82) is 0 Å². The first-order chi connectivity index (χ1) is 8.58. The van der Waals surface area contributed by atoms with E-state index in [-0.39, 0.29) is 0 Å². The Hall–Kier alpha value is -1.04. The van der Waals surface area contributed by atoms with E-state index < -0.39 is 11.9 Å². The zero-order valence-corrected chi connectivity index (χ0v) is 12.3. The van der Waals surface area contributed by atoms with Crippen molar-refractivity contribution in [3.05, 3.63) is 50.1 Å². The van der Waals surface area contributed by atoms with E-state index in [1.807, 2.05) is 23.6 Å². The van der Waals surface area contributed by atoms with Gasteiger partial charge in [-0.15, -0.1) is 11.3 Å². The molecular weight excluding hydrogens is 336 g/mol. The van der Waals surface area contributed by atoms with Crippen LogP contribution in [0.1, 0.15) is 10.9 Å². The zero-order valence-electron chi connectivity index (χ0n) is 9.19. The number of amides is 1. The summed E-state index contributed by atoms with van der Waals surface area (Å²) < 4.78 is 0.926. The summed E-state index contributed by atoms with van der Waals surface area (Å²) in [5.41, 5.74) is 6.11. The zero-order chi connectivity index (χ0) is 13.1. The summed E-state index contributed by atoms with van der Waals surface area (Å²) in [7, 11) is 0. The molecule has 94 valence electrons. The second-order valence-corrected chi connectivity index (χ2v) is 5.89. The van der Waals surface area contributed by atoms with Gasteiger partial charge in [-0.1, -0.05) is 23.7 Å². The molecule has 0 aliphatic rings. The minimum Gasteiger partial charge on any atom is -0.368 e. The quantitative estimate of drug-likeness (QED) is 0.885. The molecule has 1 heterocycles. The number of thiophene rings is 1. The fraction of sp³-hybridized carbons (Fsp3) is 0.0833. The van der Waals surface area contributed by atoms with Gasteiger partial charge in [-0.25, -0.2) is 0 Å². The molecule has 3 N–H and O–H groups in total. The molecule has 1 unspecified atom stereocenters. The highest BCUT2D eigenvalue weighted by atomic mass is 79.9. The number of primary amides is 1. The van der Waals surface area contributed by atoms with Crippen molar-refractivity contribution in [2.75, 3.05) is 5.32 Å². The van der Waals surface area contributed by atoms with Crippen LogP contribution in [0.2, 0.25) is 5.02 Å². The van der Waals surface area contributed by atoms with E-state index in [1.54, 1.807) is 12.1 Å². The largest absolute Gasteiger partial charge is 0.368 e. The van der Waals surface area contributed by atoms with Crippen molar-refractivity contribution in [3.63, 3.8) is 0 Å².